The molecule has 0 saturated heterocycles. The summed E-state index contributed by atoms with van der Waals surface area (Å²) in [5, 5.41) is 7.10. The average Bonchev–Trinajstić information content (AvgIpc) is 2.65. The first-order valence-electron chi connectivity index (χ1n) is 4.87. The number of carbonyl (C=O) groups is 1. The van der Waals surface area contributed by atoms with Gasteiger partial charge in [-0.15, -0.1) is 0 Å². The third-order valence-electron chi connectivity index (χ3n) is 2.50. The van der Waals surface area contributed by atoms with Gasteiger partial charge in [0.05, 0.1) is 13.2 Å². The van der Waals surface area contributed by atoms with Gasteiger partial charge in [-0.25, -0.2) is 0 Å². The minimum atomic E-state index is -0.381. The van der Waals surface area contributed by atoms with E-state index in [0.717, 1.165) is 5.69 Å². The second-order valence-electron chi connectivity index (χ2n) is 3.45. The van der Waals surface area contributed by atoms with Crippen LogP contribution in [0.3, 0.4) is 0 Å². The predicted octanol–water partition coefficient (Wildman–Crippen LogP) is 0.514. The molecule has 0 aliphatic heterocycles. The molecule has 1 N–H and O–H groups in total. The van der Waals surface area contributed by atoms with E-state index >= 15 is 0 Å². The lowest BCUT2D eigenvalue weighted by molar-refractivity contribution is -0.144. The van der Waals surface area contributed by atoms with Gasteiger partial charge in [-0.2, -0.15) is 5.10 Å². The van der Waals surface area contributed by atoms with Crippen LogP contribution in [0.1, 0.15) is 18.7 Å². The monoisotopic (exact) mass is 211 g/mol. The van der Waals surface area contributed by atoms with Gasteiger partial charge < -0.3 is 10.1 Å². The quantitative estimate of drug-likeness (QED) is 0.737. The number of ether oxygens (including phenoxy) is 1. The molecule has 0 amide bonds. The molecule has 0 fully saturated rings. The number of rotatable bonds is 4. The summed E-state index contributed by atoms with van der Waals surface area (Å²) in [5.41, 5.74) is 1.02. The van der Waals surface area contributed by atoms with E-state index in [-0.39, 0.29) is 18.1 Å². The number of methoxy groups -OCH3 is 1. The Hall–Kier alpha value is -1.36. The molecular formula is C10H17N3O2. The second kappa shape index (κ2) is 4.93. The molecule has 2 unspecified atom stereocenters. The van der Waals surface area contributed by atoms with Crippen LogP contribution in [0.5, 0.6) is 0 Å². The number of likely N-dealkylation sites (N-methyl/N-ethyl adjacent to an activating group) is 1. The van der Waals surface area contributed by atoms with Crippen molar-refractivity contribution in [3.8, 4) is 0 Å². The van der Waals surface area contributed by atoms with Crippen molar-refractivity contribution >= 4 is 5.97 Å². The molecule has 0 radical (unpaired) electrons. The van der Waals surface area contributed by atoms with Gasteiger partial charge in [0.25, 0.3) is 0 Å². The highest BCUT2D eigenvalue weighted by Gasteiger charge is 2.26. The Morgan fingerprint density at radius 2 is 2.33 bits per heavy atom. The number of aromatic nitrogens is 2. The number of nitrogens with zero attached hydrogens (tertiary/aromatic N) is 2. The highest BCUT2D eigenvalue weighted by Crippen LogP contribution is 2.13. The van der Waals surface area contributed by atoms with Gasteiger partial charge in [0.2, 0.25) is 0 Å². The molecule has 1 rings (SSSR count). The average molecular weight is 211 g/mol. The van der Waals surface area contributed by atoms with Crippen molar-refractivity contribution in [2.24, 2.45) is 0 Å². The van der Waals surface area contributed by atoms with Gasteiger partial charge >= 0.3 is 5.97 Å². The van der Waals surface area contributed by atoms with Crippen LogP contribution in [-0.2, 0) is 9.53 Å². The standard InChI is InChI=1S/C10H17N3O2/c1-7-5-6-12-13(7)8(2)9(11-3)10(14)15-4/h5-6,8-9,11H,1-4H3. The zero-order valence-electron chi connectivity index (χ0n) is 9.52. The summed E-state index contributed by atoms with van der Waals surface area (Å²) >= 11 is 0. The molecule has 2 atom stereocenters. The number of esters is 1. The number of hydrogen-bond donors (Lipinski definition) is 1. The van der Waals surface area contributed by atoms with Crippen LogP contribution in [0.25, 0.3) is 0 Å². The maximum atomic E-state index is 11.5. The third-order valence-corrected chi connectivity index (χ3v) is 2.50. The first kappa shape index (κ1) is 11.7. The SMILES string of the molecule is CNC(C(=O)OC)C(C)n1nccc1C. The molecule has 0 bridgehead atoms. The summed E-state index contributed by atoms with van der Waals surface area (Å²) in [6, 6.07) is 1.45. The Bertz CT molecular complexity index is 335. The molecule has 1 aromatic rings. The molecule has 5 nitrogen and oxygen atoms in total. The van der Waals surface area contributed by atoms with Gasteiger partial charge in [0, 0.05) is 11.9 Å². The highest BCUT2D eigenvalue weighted by molar-refractivity contribution is 5.76. The van der Waals surface area contributed by atoms with Crippen LogP contribution in [0.15, 0.2) is 12.3 Å². The van der Waals surface area contributed by atoms with E-state index < -0.39 is 0 Å². The lowest BCUT2D eigenvalue weighted by atomic mass is 10.1. The van der Waals surface area contributed by atoms with Crippen molar-refractivity contribution < 1.29 is 9.53 Å². The fourth-order valence-corrected chi connectivity index (χ4v) is 1.63. The van der Waals surface area contributed by atoms with Crippen LogP contribution in [0, 0.1) is 6.92 Å². The molecule has 5 heteroatoms. The molecule has 0 spiro atoms. The number of nitrogens with one attached hydrogen (secondary N) is 1. The zero-order chi connectivity index (χ0) is 11.4. The van der Waals surface area contributed by atoms with Crippen molar-refractivity contribution in [2.45, 2.75) is 25.9 Å². The van der Waals surface area contributed by atoms with E-state index in [1.165, 1.54) is 7.11 Å². The van der Waals surface area contributed by atoms with Crippen LogP contribution in [0.4, 0.5) is 0 Å². The summed E-state index contributed by atoms with van der Waals surface area (Å²) in [6.07, 6.45) is 1.72. The van der Waals surface area contributed by atoms with Gasteiger partial charge in [0.1, 0.15) is 6.04 Å². The molecular weight excluding hydrogens is 194 g/mol. The highest BCUT2D eigenvalue weighted by atomic mass is 16.5. The maximum Gasteiger partial charge on any atom is 0.325 e. The predicted molar refractivity (Wildman–Crippen MR) is 56.5 cm³/mol. The fraction of sp³-hybridized carbons (Fsp3) is 0.600. The van der Waals surface area contributed by atoms with Crippen molar-refractivity contribution in [3.05, 3.63) is 18.0 Å². The molecule has 15 heavy (non-hydrogen) atoms. The Morgan fingerprint density at radius 3 is 2.73 bits per heavy atom. The molecule has 0 aliphatic rings. The molecule has 1 heterocycles. The molecule has 0 aromatic carbocycles. The lowest BCUT2D eigenvalue weighted by Gasteiger charge is -2.22. The van der Waals surface area contributed by atoms with E-state index in [0.29, 0.717) is 0 Å². The summed E-state index contributed by atoms with van der Waals surface area (Å²) < 4.78 is 6.52. The van der Waals surface area contributed by atoms with Gasteiger partial charge in [-0.1, -0.05) is 0 Å². The Labute approximate surface area is 89.4 Å². The van der Waals surface area contributed by atoms with Crippen molar-refractivity contribution in [1.29, 1.82) is 0 Å². The third kappa shape index (κ3) is 2.36. The molecule has 1 aromatic heterocycles. The van der Waals surface area contributed by atoms with E-state index in [1.54, 1.807) is 17.9 Å². The first-order valence-corrected chi connectivity index (χ1v) is 4.87. The topological polar surface area (TPSA) is 56.1 Å². The largest absolute Gasteiger partial charge is 0.468 e. The van der Waals surface area contributed by atoms with Gasteiger partial charge in [-0.3, -0.25) is 9.48 Å². The zero-order valence-corrected chi connectivity index (χ0v) is 9.52. The Kier molecular flexibility index (Phi) is 3.85. The van der Waals surface area contributed by atoms with Gasteiger partial charge in [0.15, 0.2) is 0 Å². The van der Waals surface area contributed by atoms with E-state index in [9.17, 15) is 4.79 Å². The molecule has 0 saturated carbocycles. The molecule has 84 valence electrons. The lowest BCUT2D eigenvalue weighted by Crippen LogP contribution is -2.42. The van der Waals surface area contributed by atoms with Crippen molar-refractivity contribution in [2.75, 3.05) is 14.2 Å². The van der Waals surface area contributed by atoms with E-state index in [4.69, 9.17) is 4.74 Å². The maximum absolute atomic E-state index is 11.5. The summed E-state index contributed by atoms with van der Waals surface area (Å²) in [4.78, 5) is 11.5. The summed E-state index contributed by atoms with van der Waals surface area (Å²) in [5.74, 6) is -0.278. The van der Waals surface area contributed by atoms with Crippen molar-refractivity contribution in [1.82, 2.24) is 15.1 Å². The van der Waals surface area contributed by atoms with Crippen LogP contribution >= 0.6 is 0 Å². The first-order chi connectivity index (χ1) is 7.11. The summed E-state index contributed by atoms with van der Waals surface area (Å²) in [6.45, 7) is 3.88. The number of carbonyl (C=O) groups excluding carboxylic acids is 1. The Morgan fingerprint density at radius 1 is 1.67 bits per heavy atom. The van der Waals surface area contributed by atoms with Crippen molar-refractivity contribution in [3.63, 3.8) is 0 Å². The molecule has 0 aliphatic carbocycles. The fourth-order valence-electron chi connectivity index (χ4n) is 1.63. The summed E-state index contributed by atoms with van der Waals surface area (Å²) in [7, 11) is 3.12. The minimum absolute atomic E-state index is 0.0718. The van der Waals surface area contributed by atoms with Crippen LogP contribution in [0.2, 0.25) is 0 Å². The Balaban J connectivity index is 2.86. The second-order valence-corrected chi connectivity index (χ2v) is 3.45. The van der Waals surface area contributed by atoms with Crippen LogP contribution in [-0.4, -0.2) is 35.9 Å². The van der Waals surface area contributed by atoms with Gasteiger partial charge in [-0.05, 0) is 27.0 Å². The number of hydrogen-bond acceptors (Lipinski definition) is 4. The van der Waals surface area contributed by atoms with E-state index in [1.807, 2.05) is 19.9 Å². The van der Waals surface area contributed by atoms with Crippen LogP contribution < -0.4 is 5.32 Å². The normalized spacial score (nSPS) is 14.7. The smallest absolute Gasteiger partial charge is 0.325 e. The van der Waals surface area contributed by atoms with E-state index in [2.05, 4.69) is 10.4 Å². The minimum Gasteiger partial charge on any atom is -0.468 e. The number of aryl methyl sites for hydroxylation is 1.